The smallest absolute Gasteiger partial charge is 0.282 e. The Balaban J connectivity index is 1.82. The van der Waals surface area contributed by atoms with Gasteiger partial charge in [0.2, 0.25) is 4.77 Å². The number of nitrogens with one attached hydrogen (secondary N) is 2. The molecule has 0 unspecified atom stereocenters. The topological polar surface area (TPSA) is 66.9 Å². The highest BCUT2D eigenvalue weighted by atomic mass is 32.1. The number of aryl methyl sites for hydroxylation is 3. The normalized spacial score (nSPS) is 13.4. The summed E-state index contributed by atoms with van der Waals surface area (Å²) in [6.07, 6.45) is 2.99. The number of fused-ring (bicyclic) bond motifs is 3. The zero-order valence-corrected chi connectivity index (χ0v) is 14.7. The summed E-state index contributed by atoms with van der Waals surface area (Å²) in [6.45, 7) is 1.93. The van der Waals surface area contributed by atoms with E-state index in [-0.39, 0.29) is 16.2 Å². The lowest BCUT2D eigenvalue weighted by Crippen LogP contribution is -2.34. The van der Waals surface area contributed by atoms with E-state index in [1.54, 1.807) is 22.8 Å². The molecule has 8 heteroatoms. The minimum absolute atomic E-state index is 0.211. The molecule has 0 aliphatic heterocycles. The third kappa shape index (κ3) is 2.37. The molecular weight excluding hydrogens is 350 g/mol. The Kier molecular flexibility index (Phi) is 3.47. The molecule has 0 bridgehead atoms. The van der Waals surface area contributed by atoms with Crippen molar-refractivity contribution in [2.24, 2.45) is 0 Å². The Morgan fingerprint density at radius 1 is 1.43 bits per heavy atom. The fraction of sp³-hybridized carbons (Fsp3) is 0.267. The Bertz CT molecular complexity index is 1050. The molecule has 23 heavy (non-hydrogen) atoms. The zero-order valence-electron chi connectivity index (χ0n) is 12.3. The van der Waals surface area contributed by atoms with Crippen molar-refractivity contribution >= 4 is 51.0 Å². The number of amides is 1. The first kappa shape index (κ1) is 14.8. The van der Waals surface area contributed by atoms with Crippen molar-refractivity contribution in [2.75, 3.05) is 5.43 Å². The number of carbonyl (C=O) groups excluding carboxylic acids is 1. The number of hydrogen-bond donors (Lipinski definition) is 2. The quantitative estimate of drug-likeness (QED) is 0.686. The summed E-state index contributed by atoms with van der Waals surface area (Å²) in [5, 5.41) is 2.43. The van der Waals surface area contributed by atoms with Crippen LogP contribution in [0, 0.1) is 11.7 Å². The molecule has 0 saturated heterocycles. The second-order valence-electron chi connectivity index (χ2n) is 5.52. The Labute approximate surface area is 144 Å². The zero-order chi connectivity index (χ0) is 16.1. The molecule has 118 valence electrons. The predicted octanol–water partition coefficient (Wildman–Crippen LogP) is 3.36. The molecule has 1 aliphatic carbocycles. The number of rotatable bonds is 2. The third-order valence-electron chi connectivity index (χ3n) is 3.97. The first-order valence-corrected chi connectivity index (χ1v) is 9.31. The van der Waals surface area contributed by atoms with E-state index in [0.717, 1.165) is 39.2 Å². The summed E-state index contributed by atoms with van der Waals surface area (Å²) in [6, 6.07) is 1.79. The lowest BCUT2D eigenvalue weighted by molar-refractivity contribution is 0.101. The van der Waals surface area contributed by atoms with Crippen LogP contribution in [0.15, 0.2) is 16.2 Å². The largest absolute Gasteiger partial charge is 0.322 e. The molecule has 0 fully saturated rings. The number of thiophene rings is 2. The van der Waals surface area contributed by atoms with E-state index in [2.05, 4.69) is 10.4 Å². The summed E-state index contributed by atoms with van der Waals surface area (Å²) in [5.41, 5.74) is 4.01. The number of aromatic amines is 1. The maximum absolute atomic E-state index is 12.8. The van der Waals surface area contributed by atoms with Gasteiger partial charge in [0.25, 0.3) is 11.5 Å². The second kappa shape index (κ2) is 5.40. The van der Waals surface area contributed by atoms with Gasteiger partial charge in [-0.1, -0.05) is 0 Å². The van der Waals surface area contributed by atoms with Crippen molar-refractivity contribution < 1.29 is 4.79 Å². The van der Waals surface area contributed by atoms with Crippen LogP contribution in [0.3, 0.4) is 0 Å². The van der Waals surface area contributed by atoms with Crippen molar-refractivity contribution in [1.29, 1.82) is 0 Å². The minimum Gasteiger partial charge on any atom is -0.322 e. The van der Waals surface area contributed by atoms with Crippen molar-refractivity contribution in [3.63, 3.8) is 0 Å². The summed E-state index contributed by atoms with van der Waals surface area (Å²) in [4.78, 5) is 31.3. The van der Waals surface area contributed by atoms with Crippen LogP contribution in [0.1, 0.15) is 32.1 Å². The van der Waals surface area contributed by atoms with E-state index in [0.29, 0.717) is 10.9 Å². The molecule has 0 radical (unpaired) electrons. The molecule has 4 rings (SSSR count). The van der Waals surface area contributed by atoms with Gasteiger partial charge in [-0.25, -0.2) is 0 Å². The highest BCUT2D eigenvalue weighted by Gasteiger charge is 2.22. The lowest BCUT2D eigenvalue weighted by atomic mass is 10.2. The molecule has 5 nitrogen and oxygen atoms in total. The van der Waals surface area contributed by atoms with Gasteiger partial charge in [-0.05, 0) is 50.0 Å². The first-order chi connectivity index (χ1) is 11.0. The van der Waals surface area contributed by atoms with E-state index < -0.39 is 0 Å². The predicted molar refractivity (Wildman–Crippen MR) is 96.0 cm³/mol. The lowest BCUT2D eigenvalue weighted by Gasteiger charge is -2.08. The summed E-state index contributed by atoms with van der Waals surface area (Å²) >= 11 is 8.34. The highest BCUT2D eigenvalue weighted by Crippen LogP contribution is 2.34. The van der Waals surface area contributed by atoms with Gasteiger partial charge in [-0.3, -0.25) is 15.0 Å². The van der Waals surface area contributed by atoms with Crippen LogP contribution in [-0.4, -0.2) is 15.6 Å². The number of hydrogen-bond acceptors (Lipinski definition) is 5. The van der Waals surface area contributed by atoms with E-state index >= 15 is 0 Å². The van der Waals surface area contributed by atoms with Gasteiger partial charge in [0.1, 0.15) is 4.83 Å². The van der Waals surface area contributed by atoms with Crippen molar-refractivity contribution in [3.8, 4) is 0 Å². The maximum atomic E-state index is 12.8. The Hall–Kier alpha value is -1.77. The van der Waals surface area contributed by atoms with E-state index in [9.17, 15) is 9.59 Å². The average Bonchev–Trinajstić information content (AvgIpc) is 3.18. The monoisotopic (exact) mass is 363 g/mol. The summed E-state index contributed by atoms with van der Waals surface area (Å²) in [5.74, 6) is -0.331. The van der Waals surface area contributed by atoms with Gasteiger partial charge in [-0.2, -0.15) is 4.68 Å². The molecule has 0 saturated carbocycles. The van der Waals surface area contributed by atoms with Crippen LogP contribution in [-0.2, 0) is 12.8 Å². The van der Waals surface area contributed by atoms with E-state index in [4.69, 9.17) is 12.2 Å². The highest BCUT2D eigenvalue weighted by molar-refractivity contribution is 7.71. The standard InChI is InChI=1S/C15H13N3O2S3/c1-7-5-8(6-22-7)12(19)17-18-14(20)11-9-3-2-4-10(9)23-13(11)16-15(18)21/h5-6H,2-4H2,1H3,(H,16,21)(H,17,19). The van der Waals surface area contributed by atoms with Crippen LogP contribution in [0.4, 0.5) is 0 Å². The van der Waals surface area contributed by atoms with Gasteiger partial charge in [-0.15, -0.1) is 22.7 Å². The molecule has 1 amide bonds. The summed E-state index contributed by atoms with van der Waals surface area (Å²) < 4.78 is 1.36. The average molecular weight is 363 g/mol. The van der Waals surface area contributed by atoms with E-state index in [1.807, 2.05) is 6.92 Å². The second-order valence-corrected chi connectivity index (χ2v) is 8.13. The van der Waals surface area contributed by atoms with Gasteiger partial charge < -0.3 is 4.98 Å². The van der Waals surface area contributed by atoms with E-state index in [1.165, 1.54) is 16.2 Å². The molecule has 3 aromatic heterocycles. The van der Waals surface area contributed by atoms with Crippen LogP contribution in [0.25, 0.3) is 10.2 Å². The maximum Gasteiger partial charge on any atom is 0.282 e. The van der Waals surface area contributed by atoms with Crippen LogP contribution >= 0.6 is 34.9 Å². The first-order valence-electron chi connectivity index (χ1n) is 7.20. The molecule has 0 spiro atoms. The Morgan fingerprint density at radius 3 is 3.00 bits per heavy atom. The van der Waals surface area contributed by atoms with Crippen molar-refractivity contribution in [3.05, 3.63) is 47.5 Å². The van der Waals surface area contributed by atoms with Gasteiger partial charge >= 0.3 is 0 Å². The SMILES string of the molecule is Cc1cc(C(=O)Nn2c(=S)[nH]c3sc4c(c3c2=O)CCC4)cs1. The number of H-pyrrole nitrogens is 1. The minimum atomic E-state index is -0.331. The van der Waals surface area contributed by atoms with Gasteiger partial charge in [0.15, 0.2) is 0 Å². The molecule has 0 atom stereocenters. The van der Waals surface area contributed by atoms with Gasteiger partial charge in [0, 0.05) is 15.1 Å². The molecule has 3 aromatic rings. The van der Waals surface area contributed by atoms with Crippen LogP contribution in [0.5, 0.6) is 0 Å². The van der Waals surface area contributed by atoms with Crippen LogP contribution < -0.4 is 11.0 Å². The Morgan fingerprint density at radius 2 is 2.26 bits per heavy atom. The molecule has 0 aromatic carbocycles. The van der Waals surface area contributed by atoms with Crippen molar-refractivity contribution in [1.82, 2.24) is 9.66 Å². The number of carbonyl (C=O) groups is 1. The third-order valence-corrected chi connectivity index (χ3v) is 6.32. The fourth-order valence-electron chi connectivity index (χ4n) is 2.91. The number of aromatic nitrogens is 2. The van der Waals surface area contributed by atoms with Gasteiger partial charge in [0.05, 0.1) is 10.9 Å². The molecule has 1 aliphatic rings. The molecule has 2 N–H and O–H groups in total. The molecule has 3 heterocycles. The molecular formula is C15H13N3O2S3. The van der Waals surface area contributed by atoms with Crippen molar-refractivity contribution in [2.45, 2.75) is 26.2 Å². The fourth-order valence-corrected chi connectivity index (χ4v) is 5.16. The summed E-state index contributed by atoms with van der Waals surface area (Å²) in [7, 11) is 0. The number of nitrogens with zero attached hydrogens (tertiary/aromatic N) is 1. The van der Waals surface area contributed by atoms with Crippen LogP contribution in [0.2, 0.25) is 0 Å².